The van der Waals surface area contributed by atoms with Gasteiger partial charge in [0.15, 0.2) is 0 Å². The molecule has 124 valence electrons. The van der Waals surface area contributed by atoms with E-state index in [0.29, 0.717) is 0 Å². The zero-order valence-corrected chi connectivity index (χ0v) is 15.2. The van der Waals surface area contributed by atoms with Gasteiger partial charge in [-0.1, -0.05) is 45.9 Å². The Balaban J connectivity index is 2.18. The molecule has 0 atom stereocenters. The zero-order valence-electron chi connectivity index (χ0n) is 15.2. The zero-order chi connectivity index (χ0) is 17.3. The Morgan fingerprint density at radius 3 is 2.46 bits per heavy atom. The van der Waals surface area contributed by atoms with E-state index < -0.39 is 0 Å². The molecule has 0 aliphatic carbocycles. The fourth-order valence-electron chi connectivity index (χ4n) is 2.98. The van der Waals surface area contributed by atoms with Gasteiger partial charge in [-0.05, 0) is 53.3 Å². The van der Waals surface area contributed by atoms with Crippen LogP contribution in [0.4, 0.5) is 0 Å². The summed E-state index contributed by atoms with van der Waals surface area (Å²) in [5, 5.41) is 1.13. The van der Waals surface area contributed by atoms with Crippen molar-refractivity contribution in [2.75, 3.05) is 7.11 Å². The smallest absolute Gasteiger partial charge is 0.119 e. The van der Waals surface area contributed by atoms with E-state index in [-0.39, 0.29) is 5.41 Å². The molecule has 0 saturated heterocycles. The quantitative estimate of drug-likeness (QED) is 0.611. The van der Waals surface area contributed by atoms with Crippen LogP contribution in [0.15, 0.2) is 48.5 Å². The highest BCUT2D eigenvalue weighted by Crippen LogP contribution is 2.31. The molecule has 0 bridgehead atoms. The minimum absolute atomic E-state index is 0.132. The van der Waals surface area contributed by atoms with Crippen molar-refractivity contribution in [3.8, 4) is 17.0 Å². The van der Waals surface area contributed by atoms with E-state index >= 15 is 0 Å². The van der Waals surface area contributed by atoms with E-state index in [4.69, 9.17) is 9.72 Å². The van der Waals surface area contributed by atoms with Gasteiger partial charge in [0.25, 0.3) is 0 Å². The molecule has 0 spiro atoms. The molecule has 1 heterocycles. The topological polar surface area (TPSA) is 22.1 Å². The van der Waals surface area contributed by atoms with Crippen LogP contribution in [0.5, 0.6) is 5.75 Å². The summed E-state index contributed by atoms with van der Waals surface area (Å²) < 4.78 is 5.34. The molecule has 0 saturated carbocycles. The average molecular weight is 319 g/mol. The van der Waals surface area contributed by atoms with Crippen molar-refractivity contribution in [2.45, 2.75) is 39.5 Å². The van der Waals surface area contributed by atoms with E-state index in [1.54, 1.807) is 7.11 Å². The molecule has 2 aromatic carbocycles. The van der Waals surface area contributed by atoms with Crippen LogP contribution in [-0.4, -0.2) is 12.1 Å². The monoisotopic (exact) mass is 319 g/mol. The van der Waals surface area contributed by atoms with Crippen molar-refractivity contribution in [2.24, 2.45) is 0 Å². The normalized spacial score (nSPS) is 11.7. The predicted octanol–water partition coefficient (Wildman–Crippen LogP) is 5.77. The number of aryl methyl sites for hydroxylation is 1. The van der Waals surface area contributed by atoms with Crippen LogP contribution in [0.2, 0.25) is 0 Å². The highest BCUT2D eigenvalue weighted by molar-refractivity contribution is 5.84. The second-order valence-corrected chi connectivity index (χ2v) is 7.24. The lowest BCUT2D eigenvalue weighted by Gasteiger charge is -2.20. The average Bonchev–Trinajstić information content (AvgIpc) is 2.59. The number of benzene rings is 2. The van der Waals surface area contributed by atoms with Gasteiger partial charge in [0, 0.05) is 10.9 Å². The van der Waals surface area contributed by atoms with Crippen molar-refractivity contribution in [1.82, 2.24) is 4.98 Å². The molecular weight excluding hydrogens is 294 g/mol. The molecule has 0 N–H and O–H groups in total. The van der Waals surface area contributed by atoms with Crippen molar-refractivity contribution in [3.63, 3.8) is 0 Å². The van der Waals surface area contributed by atoms with Crippen LogP contribution in [0.25, 0.3) is 22.2 Å². The van der Waals surface area contributed by atoms with E-state index in [1.807, 2.05) is 12.1 Å². The van der Waals surface area contributed by atoms with Gasteiger partial charge in [0.1, 0.15) is 5.75 Å². The van der Waals surface area contributed by atoms with Crippen LogP contribution in [0.3, 0.4) is 0 Å². The number of rotatable bonds is 3. The number of aromatic nitrogens is 1. The molecule has 2 nitrogen and oxygen atoms in total. The first kappa shape index (κ1) is 16.5. The van der Waals surface area contributed by atoms with Gasteiger partial charge in [0.2, 0.25) is 0 Å². The van der Waals surface area contributed by atoms with Crippen LogP contribution < -0.4 is 4.74 Å². The summed E-state index contributed by atoms with van der Waals surface area (Å²) in [5.74, 6) is 0.869. The summed E-state index contributed by atoms with van der Waals surface area (Å²) in [5.41, 5.74) is 6.01. The lowest BCUT2D eigenvalue weighted by molar-refractivity contribution is 0.415. The van der Waals surface area contributed by atoms with E-state index in [1.165, 1.54) is 16.7 Å². The second-order valence-electron chi connectivity index (χ2n) is 7.24. The largest absolute Gasteiger partial charge is 0.497 e. The minimum Gasteiger partial charge on any atom is -0.497 e. The summed E-state index contributed by atoms with van der Waals surface area (Å²) >= 11 is 0. The highest BCUT2D eigenvalue weighted by Gasteiger charge is 2.15. The van der Waals surface area contributed by atoms with Crippen molar-refractivity contribution >= 4 is 10.9 Å². The summed E-state index contributed by atoms with van der Waals surface area (Å²) in [6.45, 7) is 8.91. The molecular formula is C22H25NO. The lowest BCUT2D eigenvalue weighted by Crippen LogP contribution is -2.10. The second kappa shape index (κ2) is 6.27. The summed E-state index contributed by atoms with van der Waals surface area (Å²) in [6.07, 6.45) is 0.954. The van der Waals surface area contributed by atoms with Gasteiger partial charge >= 0.3 is 0 Å². The Labute approximate surface area is 144 Å². The van der Waals surface area contributed by atoms with Crippen molar-refractivity contribution in [1.29, 1.82) is 0 Å². The molecule has 0 fully saturated rings. The number of hydrogen-bond acceptors (Lipinski definition) is 2. The Kier molecular flexibility index (Phi) is 4.31. The van der Waals surface area contributed by atoms with Crippen LogP contribution in [-0.2, 0) is 11.8 Å². The number of methoxy groups -OCH3 is 1. The number of hydrogen-bond donors (Lipinski definition) is 0. The van der Waals surface area contributed by atoms with E-state index in [2.05, 4.69) is 64.1 Å². The standard InChI is InChI=1S/C22H25NO/c1-6-15-12-17-14-19(24-5)10-11-20(17)23-21(15)16-8-7-9-18(13-16)22(2,3)4/h7-14H,6H2,1-5H3. The fourth-order valence-corrected chi connectivity index (χ4v) is 2.98. The maximum atomic E-state index is 5.34. The Morgan fingerprint density at radius 1 is 1.00 bits per heavy atom. The first-order chi connectivity index (χ1) is 11.4. The molecule has 3 aromatic rings. The maximum Gasteiger partial charge on any atom is 0.119 e. The Morgan fingerprint density at radius 2 is 1.79 bits per heavy atom. The summed E-state index contributed by atoms with van der Waals surface area (Å²) in [4.78, 5) is 4.96. The number of fused-ring (bicyclic) bond motifs is 1. The van der Waals surface area contributed by atoms with E-state index in [0.717, 1.165) is 28.8 Å². The number of nitrogens with zero attached hydrogens (tertiary/aromatic N) is 1. The molecule has 2 heteroatoms. The predicted molar refractivity (Wildman–Crippen MR) is 102 cm³/mol. The van der Waals surface area contributed by atoms with Gasteiger partial charge in [0.05, 0.1) is 18.3 Å². The fraction of sp³-hybridized carbons (Fsp3) is 0.318. The van der Waals surface area contributed by atoms with Gasteiger partial charge in [-0.25, -0.2) is 4.98 Å². The van der Waals surface area contributed by atoms with Crippen molar-refractivity contribution < 1.29 is 4.74 Å². The third kappa shape index (κ3) is 3.14. The van der Waals surface area contributed by atoms with Gasteiger partial charge < -0.3 is 4.74 Å². The molecule has 24 heavy (non-hydrogen) atoms. The van der Waals surface area contributed by atoms with E-state index in [9.17, 15) is 0 Å². The van der Waals surface area contributed by atoms with Crippen LogP contribution in [0, 0.1) is 0 Å². The maximum absolute atomic E-state index is 5.34. The van der Waals surface area contributed by atoms with Crippen molar-refractivity contribution in [3.05, 3.63) is 59.7 Å². The molecule has 0 aliphatic rings. The Hall–Kier alpha value is -2.35. The van der Waals surface area contributed by atoms with Crippen LogP contribution >= 0.6 is 0 Å². The van der Waals surface area contributed by atoms with Crippen LogP contribution in [0.1, 0.15) is 38.8 Å². The lowest BCUT2D eigenvalue weighted by atomic mass is 9.85. The van der Waals surface area contributed by atoms with Gasteiger partial charge in [-0.15, -0.1) is 0 Å². The summed E-state index contributed by atoms with van der Waals surface area (Å²) in [6, 6.07) is 17.1. The third-order valence-corrected chi connectivity index (χ3v) is 4.48. The third-order valence-electron chi connectivity index (χ3n) is 4.48. The van der Waals surface area contributed by atoms with Gasteiger partial charge in [-0.2, -0.15) is 0 Å². The minimum atomic E-state index is 0.132. The molecule has 0 unspecified atom stereocenters. The number of pyridine rings is 1. The first-order valence-electron chi connectivity index (χ1n) is 8.51. The number of ether oxygens (including phenoxy) is 1. The SMILES string of the molecule is CCc1cc2cc(OC)ccc2nc1-c1cccc(C(C)(C)C)c1. The summed E-state index contributed by atoms with van der Waals surface area (Å²) in [7, 11) is 1.70. The molecule has 0 aliphatic heterocycles. The molecule has 3 rings (SSSR count). The molecule has 0 amide bonds. The Bertz CT molecular complexity index is 875. The highest BCUT2D eigenvalue weighted by atomic mass is 16.5. The molecule has 1 aromatic heterocycles. The first-order valence-corrected chi connectivity index (χ1v) is 8.51. The molecule has 0 radical (unpaired) electrons. The van der Waals surface area contributed by atoms with Gasteiger partial charge in [-0.3, -0.25) is 0 Å².